The maximum absolute atomic E-state index is 12.2. The molecule has 0 saturated heterocycles. The van der Waals surface area contributed by atoms with Crippen molar-refractivity contribution in [3.8, 4) is 0 Å². The maximum atomic E-state index is 12.2. The Kier molecular flexibility index (Phi) is 6.42. The van der Waals surface area contributed by atoms with Gasteiger partial charge in [-0.1, -0.05) is 82.8 Å². The molecule has 2 aromatic rings. The minimum Gasteiger partial charge on any atom is -0.362 e. The number of carbonyl (C=O) groups is 1. The fraction of sp³-hybridized carbons (Fsp3) is 0.188. The average molecular weight is 392 g/mol. The summed E-state index contributed by atoms with van der Waals surface area (Å²) in [5.41, 5.74) is 1.50. The molecule has 1 atom stereocenters. The molecule has 0 radical (unpaired) electrons. The van der Waals surface area contributed by atoms with Gasteiger partial charge >= 0.3 is 0 Å². The molecule has 0 fully saturated rings. The third-order valence-electron chi connectivity index (χ3n) is 2.98. The third-order valence-corrected chi connectivity index (χ3v) is 3.87. The van der Waals surface area contributed by atoms with Gasteiger partial charge in [0.2, 0.25) is 9.70 Å². The first-order valence-electron chi connectivity index (χ1n) is 6.77. The summed E-state index contributed by atoms with van der Waals surface area (Å²) in [5, 5.41) is 6.18. The highest BCUT2D eigenvalue weighted by molar-refractivity contribution is 6.68. The van der Waals surface area contributed by atoms with E-state index in [1.807, 2.05) is 30.3 Å². The Hall–Kier alpha value is -1.13. The first-order valence-corrected chi connectivity index (χ1v) is 8.28. The minimum absolute atomic E-state index is 0.190. The van der Waals surface area contributed by atoms with Crippen LogP contribution in [0.3, 0.4) is 0 Å². The molecule has 1 amide bonds. The van der Waals surface area contributed by atoms with Crippen LogP contribution in [-0.2, 0) is 11.2 Å². The number of benzene rings is 2. The number of nitrogens with one attached hydrogen (secondary N) is 2. The van der Waals surface area contributed by atoms with Gasteiger partial charge in [0.05, 0.1) is 6.42 Å². The van der Waals surface area contributed by atoms with Crippen molar-refractivity contribution in [1.82, 2.24) is 5.32 Å². The van der Waals surface area contributed by atoms with Gasteiger partial charge in [0.15, 0.2) is 0 Å². The van der Waals surface area contributed by atoms with E-state index in [9.17, 15) is 4.79 Å². The molecule has 7 heteroatoms. The molecule has 3 nitrogen and oxygen atoms in total. The lowest BCUT2D eigenvalue weighted by Crippen LogP contribution is -2.49. The van der Waals surface area contributed by atoms with E-state index in [2.05, 4.69) is 10.6 Å². The average Bonchev–Trinajstić information content (AvgIpc) is 2.46. The second-order valence-electron chi connectivity index (χ2n) is 4.86. The molecule has 0 spiro atoms. The zero-order chi connectivity index (χ0) is 16.9. The minimum atomic E-state index is -1.73. The second kappa shape index (κ2) is 8.11. The van der Waals surface area contributed by atoms with Gasteiger partial charge in [-0.2, -0.15) is 0 Å². The Morgan fingerprint density at radius 2 is 1.74 bits per heavy atom. The molecule has 0 heterocycles. The van der Waals surface area contributed by atoms with Crippen LogP contribution in [0.5, 0.6) is 0 Å². The SMILES string of the molecule is O=C(Cc1ccccc1)N[C@@H](Nc1cccc(Cl)c1)C(Cl)(Cl)Cl. The van der Waals surface area contributed by atoms with E-state index in [0.29, 0.717) is 10.7 Å². The number of amides is 1. The maximum Gasteiger partial charge on any atom is 0.228 e. The topological polar surface area (TPSA) is 41.1 Å². The lowest BCUT2D eigenvalue weighted by Gasteiger charge is -2.27. The number of rotatable bonds is 5. The molecule has 0 unspecified atom stereocenters. The molecule has 0 aliphatic carbocycles. The molecule has 0 aliphatic heterocycles. The van der Waals surface area contributed by atoms with Gasteiger partial charge in [-0.05, 0) is 23.8 Å². The van der Waals surface area contributed by atoms with Crippen LogP contribution in [0.1, 0.15) is 5.56 Å². The first kappa shape index (κ1) is 18.2. The van der Waals surface area contributed by atoms with Crippen molar-refractivity contribution in [3.63, 3.8) is 0 Å². The van der Waals surface area contributed by atoms with Gasteiger partial charge in [0.25, 0.3) is 0 Å². The fourth-order valence-corrected chi connectivity index (χ4v) is 2.46. The van der Waals surface area contributed by atoms with Crippen LogP contribution in [0, 0.1) is 0 Å². The summed E-state index contributed by atoms with van der Waals surface area (Å²) < 4.78 is -1.73. The Bertz CT molecular complexity index is 659. The standard InChI is InChI=1S/C16H14Cl4N2O/c17-12-7-4-8-13(10-12)21-15(16(18,19)20)22-14(23)9-11-5-2-1-3-6-11/h1-8,10,15,21H,9H2,(H,22,23)/t15-/m1/s1. The van der Waals surface area contributed by atoms with Gasteiger partial charge in [-0.25, -0.2) is 0 Å². The lowest BCUT2D eigenvalue weighted by molar-refractivity contribution is -0.120. The number of halogens is 4. The molecular weight excluding hydrogens is 378 g/mol. The van der Waals surface area contributed by atoms with Crippen LogP contribution in [0.15, 0.2) is 54.6 Å². The largest absolute Gasteiger partial charge is 0.362 e. The molecule has 0 bridgehead atoms. The molecule has 0 saturated carbocycles. The van der Waals surface area contributed by atoms with Crippen LogP contribution in [-0.4, -0.2) is 15.9 Å². The molecule has 0 aromatic heterocycles. The lowest BCUT2D eigenvalue weighted by atomic mass is 10.1. The molecular formula is C16H14Cl4N2O. The quantitative estimate of drug-likeness (QED) is 0.567. The van der Waals surface area contributed by atoms with Crippen molar-refractivity contribution in [1.29, 1.82) is 0 Å². The number of anilines is 1. The van der Waals surface area contributed by atoms with Crippen molar-refractivity contribution < 1.29 is 4.79 Å². The Balaban J connectivity index is 2.05. The van der Waals surface area contributed by atoms with Crippen molar-refractivity contribution in [2.45, 2.75) is 16.4 Å². The molecule has 122 valence electrons. The van der Waals surface area contributed by atoms with Crippen molar-refractivity contribution >= 4 is 58.0 Å². The first-order chi connectivity index (χ1) is 10.8. The van der Waals surface area contributed by atoms with Gasteiger partial charge < -0.3 is 10.6 Å². The molecule has 0 aliphatic rings. The van der Waals surface area contributed by atoms with E-state index in [1.54, 1.807) is 24.3 Å². The zero-order valence-corrected chi connectivity index (χ0v) is 14.9. The van der Waals surface area contributed by atoms with E-state index < -0.39 is 9.96 Å². The summed E-state index contributed by atoms with van der Waals surface area (Å²) in [6.07, 6.45) is -0.711. The van der Waals surface area contributed by atoms with Crippen LogP contribution in [0.2, 0.25) is 5.02 Å². The summed E-state index contributed by atoms with van der Waals surface area (Å²) in [4.78, 5) is 12.2. The van der Waals surface area contributed by atoms with Crippen LogP contribution in [0.25, 0.3) is 0 Å². The van der Waals surface area contributed by atoms with Gasteiger partial charge in [0.1, 0.15) is 6.17 Å². The van der Waals surface area contributed by atoms with Crippen molar-refractivity contribution in [3.05, 3.63) is 65.2 Å². The highest BCUT2D eigenvalue weighted by atomic mass is 35.6. The van der Waals surface area contributed by atoms with E-state index >= 15 is 0 Å². The summed E-state index contributed by atoms with van der Waals surface area (Å²) in [5.74, 6) is -0.262. The second-order valence-corrected chi connectivity index (χ2v) is 7.66. The van der Waals surface area contributed by atoms with Crippen LogP contribution < -0.4 is 10.6 Å². The third kappa shape index (κ3) is 6.11. The molecule has 2 aromatic carbocycles. The summed E-state index contributed by atoms with van der Waals surface area (Å²) in [7, 11) is 0. The van der Waals surface area contributed by atoms with E-state index in [0.717, 1.165) is 5.56 Å². The number of alkyl halides is 3. The van der Waals surface area contributed by atoms with Gasteiger partial charge in [-0.3, -0.25) is 4.79 Å². The van der Waals surface area contributed by atoms with Crippen LogP contribution in [0.4, 0.5) is 5.69 Å². The van der Waals surface area contributed by atoms with E-state index in [1.165, 1.54) is 0 Å². The summed E-state index contributed by atoms with van der Waals surface area (Å²) >= 11 is 23.8. The van der Waals surface area contributed by atoms with Crippen molar-refractivity contribution in [2.75, 3.05) is 5.32 Å². The zero-order valence-electron chi connectivity index (χ0n) is 11.9. The Morgan fingerprint density at radius 1 is 1.04 bits per heavy atom. The summed E-state index contributed by atoms with van der Waals surface area (Å²) in [6.45, 7) is 0. The molecule has 23 heavy (non-hydrogen) atoms. The van der Waals surface area contributed by atoms with E-state index in [4.69, 9.17) is 46.4 Å². The van der Waals surface area contributed by atoms with Crippen LogP contribution >= 0.6 is 46.4 Å². The van der Waals surface area contributed by atoms with Crippen molar-refractivity contribution in [2.24, 2.45) is 0 Å². The smallest absolute Gasteiger partial charge is 0.228 e. The fourth-order valence-electron chi connectivity index (χ4n) is 1.94. The predicted octanol–water partition coefficient (Wildman–Crippen LogP) is 4.81. The number of carbonyl (C=O) groups excluding carboxylic acids is 1. The van der Waals surface area contributed by atoms with Gasteiger partial charge in [-0.15, -0.1) is 0 Å². The molecule has 2 rings (SSSR count). The monoisotopic (exact) mass is 390 g/mol. The number of hydrogen-bond donors (Lipinski definition) is 2. The predicted molar refractivity (Wildman–Crippen MR) is 97.4 cm³/mol. The number of hydrogen-bond acceptors (Lipinski definition) is 2. The molecule has 2 N–H and O–H groups in total. The highest BCUT2D eigenvalue weighted by Gasteiger charge is 2.34. The normalized spacial score (nSPS) is 12.5. The van der Waals surface area contributed by atoms with Gasteiger partial charge in [0, 0.05) is 10.7 Å². The Labute approximate surface area is 154 Å². The van der Waals surface area contributed by atoms with E-state index in [-0.39, 0.29) is 12.3 Å². The highest BCUT2D eigenvalue weighted by Crippen LogP contribution is 2.31. The summed E-state index contributed by atoms with van der Waals surface area (Å²) in [6, 6.07) is 16.2. The Morgan fingerprint density at radius 3 is 2.35 bits per heavy atom.